The zero-order chi connectivity index (χ0) is 17.5. The molecular weight excluding hydrogens is 322 g/mol. The molecule has 0 atom stereocenters. The fraction of sp³-hybridized carbons (Fsp3) is 0.333. The van der Waals surface area contributed by atoms with Gasteiger partial charge in [-0.2, -0.15) is 9.58 Å². The lowest BCUT2D eigenvalue weighted by atomic mass is 10.1. The number of nitrogens with zero attached hydrogens (tertiary/aromatic N) is 3. The summed E-state index contributed by atoms with van der Waals surface area (Å²) >= 11 is 5.86. The molecule has 0 spiro atoms. The highest BCUT2D eigenvalue weighted by Crippen LogP contribution is 2.25. The van der Waals surface area contributed by atoms with E-state index in [2.05, 4.69) is 0 Å². The van der Waals surface area contributed by atoms with Crippen LogP contribution >= 0.6 is 11.6 Å². The number of carbonyl (C=O) groups excluding carboxylic acids is 3. The van der Waals surface area contributed by atoms with Crippen molar-refractivity contribution in [3.8, 4) is 0 Å². The van der Waals surface area contributed by atoms with E-state index in [4.69, 9.17) is 11.6 Å². The first-order valence-corrected chi connectivity index (χ1v) is 7.21. The molecule has 0 bridgehead atoms. The Hall–Kier alpha value is -2.41. The molecule has 8 heteroatoms. The van der Waals surface area contributed by atoms with Gasteiger partial charge in [0.05, 0.1) is 5.54 Å². The summed E-state index contributed by atoms with van der Waals surface area (Å²) in [4.78, 5) is 36.8. The lowest BCUT2D eigenvalue weighted by Gasteiger charge is -2.39. The number of amides is 3. The summed E-state index contributed by atoms with van der Waals surface area (Å²) in [6.45, 7) is 6.19. The van der Waals surface area contributed by atoms with Crippen molar-refractivity contribution in [2.24, 2.45) is 0 Å². The second kappa shape index (κ2) is 5.66. The van der Waals surface area contributed by atoms with Crippen LogP contribution in [0.25, 0.3) is 5.70 Å². The molecule has 0 aliphatic carbocycles. The van der Waals surface area contributed by atoms with Crippen LogP contribution < -0.4 is 9.67 Å². The van der Waals surface area contributed by atoms with E-state index in [0.29, 0.717) is 10.0 Å². The van der Waals surface area contributed by atoms with Gasteiger partial charge in [0.1, 0.15) is 5.02 Å². The topological polar surface area (TPSA) is 84.6 Å². The first kappa shape index (κ1) is 17.0. The lowest BCUT2D eigenvalue weighted by Crippen LogP contribution is -2.58. The standard InChI is InChI=1S/C15H16ClN3O4/c1-9(20)19(15(2,3)4)18-13(22)11(12(21)14(18)23)17-7-5-6-10(16)8-17/h5-8H,1-4H3. The van der Waals surface area contributed by atoms with Gasteiger partial charge in [-0.1, -0.05) is 11.6 Å². The molecule has 3 amide bonds. The molecule has 0 N–H and O–H groups in total. The van der Waals surface area contributed by atoms with Crippen LogP contribution in [0.1, 0.15) is 27.7 Å². The maximum atomic E-state index is 12.6. The van der Waals surface area contributed by atoms with Gasteiger partial charge in [0.15, 0.2) is 12.4 Å². The van der Waals surface area contributed by atoms with Crippen molar-refractivity contribution in [3.05, 3.63) is 35.3 Å². The van der Waals surface area contributed by atoms with Gasteiger partial charge in [-0.15, -0.1) is 0 Å². The van der Waals surface area contributed by atoms with Crippen molar-refractivity contribution in [1.29, 1.82) is 0 Å². The summed E-state index contributed by atoms with van der Waals surface area (Å²) in [7, 11) is 0. The Morgan fingerprint density at radius 2 is 1.91 bits per heavy atom. The van der Waals surface area contributed by atoms with E-state index >= 15 is 0 Å². The molecule has 23 heavy (non-hydrogen) atoms. The number of hydrogen-bond donors (Lipinski definition) is 0. The minimum Gasteiger partial charge on any atom is -0.864 e. The van der Waals surface area contributed by atoms with E-state index in [1.807, 2.05) is 0 Å². The van der Waals surface area contributed by atoms with Crippen LogP contribution in [0.5, 0.6) is 0 Å². The highest BCUT2D eigenvalue weighted by atomic mass is 35.5. The second-order valence-corrected chi connectivity index (χ2v) is 6.47. The summed E-state index contributed by atoms with van der Waals surface area (Å²) in [5.74, 6) is -3.44. The van der Waals surface area contributed by atoms with E-state index in [-0.39, 0.29) is 5.70 Å². The second-order valence-electron chi connectivity index (χ2n) is 6.03. The largest absolute Gasteiger partial charge is 0.864 e. The maximum absolute atomic E-state index is 12.6. The molecule has 122 valence electrons. The molecule has 0 radical (unpaired) electrons. The molecule has 2 heterocycles. The summed E-state index contributed by atoms with van der Waals surface area (Å²) < 4.78 is 1.19. The first-order chi connectivity index (χ1) is 10.6. The van der Waals surface area contributed by atoms with E-state index in [1.54, 1.807) is 26.8 Å². The Bertz CT molecular complexity index is 736. The predicted molar refractivity (Wildman–Crippen MR) is 79.0 cm³/mol. The number of imide groups is 1. The van der Waals surface area contributed by atoms with Gasteiger partial charge in [0.25, 0.3) is 11.6 Å². The van der Waals surface area contributed by atoms with Crippen LogP contribution in [0.15, 0.2) is 30.3 Å². The number of halogens is 1. The molecule has 0 fully saturated rings. The molecule has 2 rings (SSSR count). The molecule has 1 aromatic heterocycles. The summed E-state index contributed by atoms with van der Waals surface area (Å²) in [5, 5.41) is 14.1. The molecule has 0 unspecified atom stereocenters. The van der Waals surface area contributed by atoms with Crippen LogP contribution in [-0.4, -0.2) is 33.3 Å². The molecule has 1 aliphatic heterocycles. The van der Waals surface area contributed by atoms with E-state index < -0.39 is 29.0 Å². The zero-order valence-corrected chi connectivity index (χ0v) is 13.9. The van der Waals surface area contributed by atoms with Crippen molar-refractivity contribution in [2.45, 2.75) is 33.2 Å². The maximum Gasteiger partial charge on any atom is 0.344 e. The van der Waals surface area contributed by atoms with Crippen LogP contribution in [0.4, 0.5) is 0 Å². The Kier molecular flexibility index (Phi) is 4.17. The van der Waals surface area contributed by atoms with Crippen molar-refractivity contribution in [3.63, 3.8) is 0 Å². The number of aromatic nitrogens is 1. The number of hydrogen-bond acceptors (Lipinski definition) is 4. The minimum absolute atomic E-state index is 0.297. The Morgan fingerprint density at radius 1 is 1.30 bits per heavy atom. The van der Waals surface area contributed by atoms with Crippen molar-refractivity contribution in [2.75, 3.05) is 0 Å². The molecule has 0 saturated heterocycles. The Balaban J connectivity index is 2.53. The third-order valence-corrected chi connectivity index (χ3v) is 3.38. The Morgan fingerprint density at radius 3 is 2.39 bits per heavy atom. The predicted octanol–water partition coefficient (Wildman–Crippen LogP) is 0.0872. The number of carbonyl (C=O) groups is 3. The van der Waals surface area contributed by atoms with Gasteiger partial charge >= 0.3 is 5.91 Å². The summed E-state index contributed by atoms with van der Waals surface area (Å²) in [6.07, 6.45) is 2.78. The van der Waals surface area contributed by atoms with Crippen molar-refractivity contribution in [1.82, 2.24) is 10.0 Å². The minimum atomic E-state index is -1.07. The third kappa shape index (κ3) is 2.92. The molecule has 1 aromatic rings. The molecule has 0 aromatic carbocycles. The smallest absolute Gasteiger partial charge is 0.344 e. The van der Waals surface area contributed by atoms with Gasteiger partial charge in [0, 0.05) is 18.7 Å². The van der Waals surface area contributed by atoms with E-state index in [1.165, 1.54) is 30.0 Å². The van der Waals surface area contributed by atoms with Crippen molar-refractivity contribution >= 4 is 35.0 Å². The highest BCUT2D eigenvalue weighted by Gasteiger charge is 2.47. The molecular formula is C15H16ClN3O4. The van der Waals surface area contributed by atoms with Crippen molar-refractivity contribution < 1.29 is 24.1 Å². The van der Waals surface area contributed by atoms with Gasteiger partial charge < -0.3 is 5.11 Å². The van der Waals surface area contributed by atoms with Crippen LogP contribution in [0.2, 0.25) is 5.02 Å². The van der Waals surface area contributed by atoms with Gasteiger partial charge in [-0.05, 0) is 26.8 Å². The first-order valence-electron chi connectivity index (χ1n) is 6.83. The van der Waals surface area contributed by atoms with E-state index in [0.717, 1.165) is 5.01 Å². The normalized spacial score (nSPS) is 15.4. The van der Waals surface area contributed by atoms with Crippen LogP contribution in [0, 0.1) is 0 Å². The number of hydrazine groups is 1. The fourth-order valence-electron chi connectivity index (χ4n) is 2.40. The van der Waals surface area contributed by atoms with Crippen LogP contribution in [0.3, 0.4) is 0 Å². The highest BCUT2D eigenvalue weighted by molar-refractivity contribution is 6.30. The molecule has 7 nitrogen and oxygen atoms in total. The van der Waals surface area contributed by atoms with Gasteiger partial charge in [-0.3, -0.25) is 14.4 Å². The number of pyridine rings is 1. The third-order valence-electron chi connectivity index (χ3n) is 3.15. The average Bonchev–Trinajstić information content (AvgIpc) is 2.61. The molecule has 1 aliphatic rings. The SMILES string of the molecule is CC(=O)N(N1C(=O)C([O-])=C([n+]2cccc(Cl)c2)C1=O)C(C)(C)C. The Labute approximate surface area is 138 Å². The van der Waals surface area contributed by atoms with Gasteiger partial charge in [0.2, 0.25) is 5.91 Å². The van der Waals surface area contributed by atoms with Crippen LogP contribution in [-0.2, 0) is 14.4 Å². The quantitative estimate of drug-likeness (QED) is 0.565. The molecule has 0 saturated carbocycles. The lowest BCUT2D eigenvalue weighted by molar-refractivity contribution is -0.581. The average molecular weight is 338 g/mol. The fourth-order valence-corrected chi connectivity index (χ4v) is 2.57. The summed E-state index contributed by atoms with van der Waals surface area (Å²) in [5.41, 5.74) is -1.22. The van der Waals surface area contributed by atoms with Gasteiger partial charge in [-0.25, -0.2) is 5.01 Å². The van der Waals surface area contributed by atoms with E-state index in [9.17, 15) is 19.5 Å². The zero-order valence-electron chi connectivity index (χ0n) is 13.2. The monoisotopic (exact) mass is 337 g/mol. The summed E-state index contributed by atoms with van der Waals surface area (Å²) in [6, 6.07) is 3.11. The number of rotatable bonds is 2.